The largest absolute Gasteiger partial charge is 0.493 e. The van der Waals surface area contributed by atoms with E-state index < -0.39 is 0 Å². The fourth-order valence-electron chi connectivity index (χ4n) is 1.71. The van der Waals surface area contributed by atoms with Gasteiger partial charge in [0.15, 0.2) is 0 Å². The van der Waals surface area contributed by atoms with Crippen LogP contribution < -0.4 is 10.5 Å². The molecule has 1 aromatic carbocycles. The van der Waals surface area contributed by atoms with Gasteiger partial charge in [-0.25, -0.2) is 0 Å². The summed E-state index contributed by atoms with van der Waals surface area (Å²) in [6, 6.07) is 5.96. The number of nitrogens with two attached hydrogens (primary N) is 1. The van der Waals surface area contributed by atoms with Crippen LogP contribution in [0.5, 0.6) is 5.75 Å². The second kappa shape index (κ2) is 8.40. The molecule has 0 aliphatic carbocycles. The lowest BCUT2D eigenvalue weighted by atomic mass is 10.2. The van der Waals surface area contributed by atoms with E-state index in [1.165, 1.54) is 0 Å². The zero-order valence-electron chi connectivity index (χ0n) is 11.8. The molecule has 0 spiro atoms. The zero-order chi connectivity index (χ0) is 14.3. The predicted molar refractivity (Wildman–Crippen MR) is 87.4 cm³/mol. The third kappa shape index (κ3) is 5.38. The highest BCUT2D eigenvalue weighted by Gasteiger charge is 2.12. The summed E-state index contributed by atoms with van der Waals surface area (Å²) >= 11 is 6.88. The van der Waals surface area contributed by atoms with E-state index in [2.05, 4.69) is 25.9 Å². The van der Waals surface area contributed by atoms with E-state index in [4.69, 9.17) is 22.7 Å². The Morgan fingerprint density at radius 2 is 2.16 bits per heavy atom. The maximum absolute atomic E-state index is 5.83. The molecule has 106 valence electrons. The molecule has 0 radical (unpaired) electrons. The molecule has 1 rings (SSSR count). The third-order valence-electron chi connectivity index (χ3n) is 2.54. The molecule has 0 aliphatic heterocycles. The molecule has 0 amide bonds. The molecule has 0 saturated carbocycles. The monoisotopic (exact) mass is 298 g/mol. The standard InChI is InChI=1S/C14H22N2OS2/c1-4-19-12-8-5-7-11(13(12)14(15)18)17-10-6-9-16(2)3/h5,7-8H,4,6,9-10H2,1-3H3,(H2,15,18). The smallest absolute Gasteiger partial charge is 0.130 e. The number of thioether (sulfide) groups is 1. The van der Waals surface area contributed by atoms with Crippen LogP contribution in [0.3, 0.4) is 0 Å². The summed E-state index contributed by atoms with van der Waals surface area (Å²) in [7, 11) is 4.11. The van der Waals surface area contributed by atoms with Crippen molar-refractivity contribution < 1.29 is 4.74 Å². The Hall–Kier alpha value is -0.780. The van der Waals surface area contributed by atoms with Crippen molar-refractivity contribution in [3.63, 3.8) is 0 Å². The lowest BCUT2D eigenvalue weighted by Crippen LogP contribution is -2.17. The Kier molecular flexibility index (Phi) is 7.20. The van der Waals surface area contributed by atoms with E-state index in [1.807, 2.05) is 18.2 Å². The van der Waals surface area contributed by atoms with Crippen molar-refractivity contribution in [1.29, 1.82) is 0 Å². The first kappa shape index (κ1) is 16.3. The van der Waals surface area contributed by atoms with Crippen LogP contribution >= 0.6 is 24.0 Å². The molecule has 2 N–H and O–H groups in total. The van der Waals surface area contributed by atoms with Gasteiger partial charge >= 0.3 is 0 Å². The first-order valence-electron chi connectivity index (χ1n) is 6.39. The Bertz CT molecular complexity index is 422. The lowest BCUT2D eigenvalue weighted by molar-refractivity contribution is 0.281. The van der Waals surface area contributed by atoms with Gasteiger partial charge in [0.1, 0.15) is 10.7 Å². The number of ether oxygens (including phenoxy) is 1. The number of nitrogens with zero attached hydrogens (tertiary/aromatic N) is 1. The molecule has 0 aliphatic rings. The van der Waals surface area contributed by atoms with Gasteiger partial charge in [-0.1, -0.05) is 25.2 Å². The van der Waals surface area contributed by atoms with Crippen molar-refractivity contribution in [1.82, 2.24) is 4.90 Å². The molecule has 0 fully saturated rings. The van der Waals surface area contributed by atoms with Gasteiger partial charge in [0, 0.05) is 11.4 Å². The van der Waals surface area contributed by atoms with Crippen LogP contribution in [0.1, 0.15) is 18.9 Å². The summed E-state index contributed by atoms with van der Waals surface area (Å²) < 4.78 is 5.83. The topological polar surface area (TPSA) is 38.5 Å². The van der Waals surface area contributed by atoms with E-state index in [1.54, 1.807) is 11.8 Å². The Balaban J connectivity index is 2.76. The van der Waals surface area contributed by atoms with Crippen LogP contribution in [0.15, 0.2) is 23.1 Å². The van der Waals surface area contributed by atoms with Crippen molar-refractivity contribution >= 4 is 29.0 Å². The second-order valence-corrected chi connectivity index (χ2v) is 6.18. The summed E-state index contributed by atoms with van der Waals surface area (Å²) in [6.45, 7) is 3.79. The zero-order valence-corrected chi connectivity index (χ0v) is 13.4. The van der Waals surface area contributed by atoms with Gasteiger partial charge < -0.3 is 15.4 Å². The minimum absolute atomic E-state index is 0.402. The van der Waals surface area contributed by atoms with Crippen molar-refractivity contribution in [2.24, 2.45) is 5.73 Å². The van der Waals surface area contributed by atoms with Crippen LogP contribution in [0.4, 0.5) is 0 Å². The summed E-state index contributed by atoms with van der Waals surface area (Å²) in [4.78, 5) is 3.64. The van der Waals surface area contributed by atoms with Gasteiger partial charge in [-0.2, -0.15) is 0 Å². The molecule has 1 aromatic rings. The first-order valence-corrected chi connectivity index (χ1v) is 7.78. The molecule has 0 unspecified atom stereocenters. The van der Waals surface area contributed by atoms with E-state index in [9.17, 15) is 0 Å². The van der Waals surface area contributed by atoms with Gasteiger partial charge in [-0.3, -0.25) is 0 Å². The Morgan fingerprint density at radius 3 is 2.74 bits per heavy atom. The van der Waals surface area contributed by atoms with E-state index in [0.717, 1.165) is 34.9 Å². The van der Waals surface area contributed by atoms with Crippen LogP contribution in [0, 0.1) is 0 Å². The third-order valence-corrected chi connectivity index (χ3v) is 3.69. The number of benzene rings is 1. The molecule has 0 atom stereocenters. The molecule has 19 heavy (non-hydrogen) atoms. The molecular weight excluding hydrogens is 276 g/mol. The van der Waals surface area contributed by atoms with E-state index >= 15 is 0 Å². The van der Waals surface area contributed by atoms with E-state index in [-0.39, 0.29) is 0 Å². The second-order valence-electron chi connectivity index (χ2n) is 4.43. The van der Waals surface area contributed by atoms with Crippen LogP contribution in [0.25, 0.3) is 0 Å². The van der Waals surface area contributed by atoms with Crippen LogP contribution in [-0.2, 0) is 0 Å². The molecule has 3 nitrogen and oxygen atoms in total. The minimum Gasteiger partial charge on any atom is -0.493 e. The first-order chi connectivity index (χ1) is 9.06. The molecule has 0 heterocycles. The van der Waals surface area contributed by atoms with Gasteiger partial charge in [0.05, 0.1) is 12.2 Å². The Morgan fingerprint density at radius 1 is 1.42 bits per heavy atom. The number of hydrogen-bond acceptors (Lipinski definition) is 4. The molecule has 0 bridgehead atoms. The number of thiocarbonyl (C=S) groups is 1. The Labute approximate surface area is 125 Å². The van der Waals surface area contributed by atoms with E-state index in [0.29, 0.717) is 11.6 Å². The summed E-state index contributed by atoms with van der Waals surface area (Å²) in [6.07, 6.45) is 0.981. The van der Waals surface area contributed by atoms with Crippen molar-refractivity contribution in [3.05, 3.63) is 23.8 Å². The maximum Gasteiger partial charge on any atom is 0.130 e. The summed E-state index contributed by atoms with van der Waals surface area (Å²) in [5.41, 5.74) is 6.70. The van der Waals surface area contributed by atoms with Crippen molar-refractivity contribution in [2.75, 3.05) is 33.0 Å². The molecule has 5 heteroatoms. The van der Waals surface area contributed by atoms with Gasteiger partial charge in [0.25, 0.3) is 0 Å². The van der Waals surface area contributed by atoms with Crippen molar-refractivity contribution in [2.45, 2.75) is 18.2 Å². The average Bonchev–Trinajstić information content (AvgIpc) is 2.34. The fourth-order valence-corrected chi connectivity index (χ4v) is 2.83. The van der Waals surface area contributed by atoms with Crippen molar-refractivity contribution in [3.8, 4) is 5.75 Å². The highest BCUT2D eigenvalue weighted by molar-refractivity contribution is 7.99. The SMILES string of the molecule is CCSc1cccc(OCCCN(C)C)c1C(N)=S. The van der Waals surface area contributed by atoms with Gasteiger partial charge in [-0.15, -0.1) is 11.8 Å². The number of hydrogen-bond donors (Lipinski definition) is 1. The average molecular weight is 298 g/mol. The summed E-state index contributed by atoms with van der Waals surface area (Å²) in [5.74, 6) is 1.78. The maximum atomic E-state index is 5.83. The number of rotatable bonds is 8. The highest BCUT2D eigenvalue weighted by atomic mass is 32.2. The molecule has 0 aromatic heterocycles. The summed E-state index contributed by atoms with van der Waals surface area (Å²) in [5, 5.41) is 0. The van der Waals surface area contributed by atoms with Gasteiger partial charge in [-0.05, 0) is 38.4 Å². The highest BCUT2D eigenvalue weighted by Crippen LogP contribution is 2.30. The van der Waals surface area contributed by atoms with Crippen LogP contribution in [-0.4, -0.2) is 42.9 Å². The quantitative estimate of drug-likeness (QED) is 0.454. The molecule has 0 saturated heterocycles. The molecular formula is C14H22N2OS2. The van der Waals surface area contributed by atoms with Gasteiger partial charge in [0.2, 0.25) is 0 Å². The van der Waals surface area contributed by atoms with Crippen LogP contribution in [0.2, 0.25) is 0 Å². The normalized spacial score (nSPS) is 10.7. The predicted octanol–water partition coefficient (Wildman–Crippen LogP) is 2.76. The fraction of sp³-hybridized carbons (Fsp3) is 0.500. The lowest BCUT2D eigenvalue weighted by Gasteiger charge is -2.15. The minimum atomic E-state index is 0.402.